The molecule has 0 spiro atoms. The van der Waals surface area contributed by atoms with E-state index in [9.17, 15) is 14.4 Å². The maximum atomic E-state index is 12.3. The van der Waals surface area contributed by atoms with Crippen molar-refractivity contribution >= 4 is 17.7 Å². The molecule has 29 heavy (non-hydrogen) atoms. The second kappa shape index (κ2) is 7.24. The zero-order valence-corrected chi connectivity index (χ0v) is 18.2. The molecule has 0 aromatic heterocycles. The topological polar surface area (TPSA) is 69.7 Å². The van der Waals surface area contributed by atoms with Gasteiger partial charge in [0.2, 0.25) is 0 Å². The first kappa shape index (κ1) is 20.6. The zero-order chi connectivity index (χ0) is 21.0. The van der Waals surface area contributed by atoms with Gasteiger partial charge in [-0.3, -0.25) is 14.4 Å². The summed E-state index contributed by atoms with van der Waals surface area (Å²) in [4.78, 5) is 35.7. The molecular formula is C24H34O5. The van der Waals surface area contributed by atoms with E-state index >= 15 is 0 Å². The van der Waals surface area contributed by atoms with Crippen LogP contribution in [0.25, 0.3) is 0 Å². The molecule has 0 radical (unpaired) electrons. The number of ketones is 1. The van der Waals surface area contributed by atoms with E-state index in [2.05, 4.69) is 13.8 Å². The SMILES string of the molecule is CC(=O)OC[C@@]12C(=CC(=O)C[C@@H]1C)CC[C@H]1[C@@H]3CC[C@H](OC(C)=O)[C@@]3(C)CC[C@@H]12. The summed E-state index contributed by atoms with van der Waals surface area (Å²) in [5.74, 6) is 1.42. The lowest BCUT2D eigenvalue weighted by molar-refractivity contribution is -0.162. The Morgan fingerprint density at radius 3 is 2.55 bits per heavy atom. The van der Waals surface area contributed by atoms with Crippen LogP contribution in [0.4, 0.5) is 0 Å². The predicted octanol–water partition coefficient (Wildman–Crippen LogP) is 4.24. The van der Waals surface area contributed by atoms with Gasteiger partial charge < -0.3 is 9.47 Å². The van der Waals surface area contributed by atoms with Crippen molar-refractivity contribution in [3.8, 4) is 0 Å². The van der Waals surface area contributed by atoms with Gasteiger partial charge in [0.15, 0.2) is 5.78 Å². The highest BCUT2D eigenvalue weighted by Gasteiger charge is 2.62. The molecule has 0 aliphatic heterocycles. The van der Waals surface area contributed by atoms with E-state index in [1.165, 1.54) is 19.4 Å². The summed E-state index contributed by atoms with van der Waals surface area (Å²) < 4.78 is 11.4. The lowest BCUT2D eigenvalue weighted by Gasteiger charge is -2.60. The summed E-state index contributed by atoms with van der Waals surface area (Å²) in [6, 6.07) is 0. The molecule has 4 aliphatic carbocycles. The third-order valence-electron chi connectivity index (χ3n) is 8.90. The Hall–Kier alpha value is -1.65. The Morgan fingerprint density at radius 2 is 1.86 bits per heavy atom. The molecule has 5 nitrogen and oxygen atoms in total. The molecule has 0 aromatic carbocycles. The zero-order valence-electron chi connectivity index (χ0n) is 18.2. The first-order valence-corrected chi connectivity index (χ1v) is 11.2. The highest BCUT2D eigenvalue weighted by Crippen LogP contribution is 2.66. The minimum atomic E-state index is -0.249. The van der Waals surface area contributed by atoms with Crippen molar-refractivity contribution in [1.29, 1.82) is 0 Å². The van der Waals surface area contributed by atoms with Crippen molar-refractivity contribution in [2.75, 3.05) is 6.61 Å². The predicted molar refractivity (Wildman–Crippen MR) is 108 cm³/mol. The van der Waals surface area contributed by atoms with Crippen molar-refractivity contribution in [3.63, 3.8) is 0 Å². The summed E-state index contributed by atoms with van der Waals surface area (Å²) in [5, 5.41) is 0. The minimum absolute atomic E-state index is 0.0117. The maximum Gasteiger partial charge on any atom is 0.302 e. The summed E-state index contributed by atoms with van der Waals surface area (Å²) >= 11 is 0. The van der Waals surface area contributed by atoms with E-state index < -0.39 is 0 Å². The number of ether oxygens (including phenoxy) is 2. The normalized spacial score (nSPS) is 43.5. The Labute approximate surface area is 173 Å². The van der Waals surface area contributed by atoms with Gasteiger partial charge in [0.25, 0.3) is 0 Å². The summed E-state index contributed by atoms with van der Waals surface area (Å²) in [5.41, 5.74) is 1.02. The van der Waals surface area contributed by atoms with E-state index in [0.29, 0.717) is 30.8 Å². The fourth-order valence-corrected chi connectivity index (χ4v) is 7.66. The van der Waals surface area contributed by atoms with E-state index in [0.717, 1.165) is 38.5 Å². The van der Waals surface area contributed by atoms with Crippen LogP contribution < -0.4 is 0 Å². The number of esters is 2. The van der Waals surface area contributed by atoms with Gasteiger partial charge in [-0.2, -0.15) is 0 Å². The van der Waals surface area contributed by atoms with Crippen molar-refractivity contribution in [3.05, 3.63) is 11.6 Å². The van der Waals surface area contributed by atoms with Gasteiger partial charge in [-0.25, -0.2) is 0 Å². The molecule has 7 atom stereocenters. The van der Waals surface area contributed by atoms with Crippen molar-refractivity contribution < 1.29 is 23.9 Å². The minimum Gasteiger partial charge on any atom is -0.465 e. The molecule has 0 unspecified atom stereocenters. The number of hydrogen-bond donors (Lipinski definition) is 0. The largest absolute Gasteiger partial charge is 0.465 e. The average Bonchev–Trinajstić information content (AvgIpc) is 2.96. The summed E-state index contributed by atoms with van der Waals surface area (Å²) in [6.07, 6.45) is 8.48. The van der Waals surface area contributed by atoms with Gasteiger partial charge in [0.05, 0.1) is 0 Å². The fourth-order valence-electron chi connectivity index (χ4n) is 7.66. The maximum absolute atomic E-state index is 12.3. The van der Waals surface area contributed by atoms with Gasteiger partial charge in [0, 0.05) is 31.1 Å². The summed E-state index contributed by atoms with van der Waals surface area (Å²) in [7, 11) is 0. The third kappa shape index (κ3) is 3.16. The van der Waals surface area contributed by atoms with Crippen LogP contribution >= 0.6 is 0 Å². The number of rotatable bonds is 3. The molecule has 0 heterocycles. The number of carbonyl (C=O) groups is 3. The van der Waals surface area contributed by atoms with Crippen LogP contribution in [0.3, 0.4) is 0 Å². The Kier molecular flexibility index (Phi) is 5.15. The van der Waals surface area contributed by atoms with E-state index in [1.54, 1.807) is 0 Å². The number of hydrogen-bond acceptors (Lipinski definition) is 5. The van der Waals surface area contributed by atoms with Gasteiger partial charge in [-0.05, 0) is 68.3 Å². The van der Waals surface area contributed by atoms with Crippen LogP contribution in [0.2, 0.25) is 0 Å². The lowest BCUT2D eigenvalue weighted by Crippen LogP contribution is -2.56. The smallest absolute Gasteiger partial charge is 0.302 e. The van der Waals surface area contributed by atoms with Crippen LogP contribution in [0.1, 0.15) is 72.6 Å². The van der Waals surface area contributed by atoms with Crippen LogP contribution in [-0.4, -0.2) is 30.4 Å². The fraction of sp³-hybridized carbons (Fsp3) is 0.792. The molecular weight excluding hydrogens is 368 g/mol. The van der Waals surface area contributed by atoms with Gasteiger partial charge in [-0.1, -0.05) is 19.4 Å². The molecule has 5 heteroatoms. The second-order valence-corrected chi connectivity index (χ2v) is 10.2. The molecule has 0 N–H and O–H groups in total. The molecule has 0 saturated heterocycles. The number of fused-ring (bicyclic) bond motifs is 5. The van der Waals surface area contributed by atoms with Crippen LogP contribution in [0.5, 0.6) is 0 Å². The van der Waals surface area contributed by atoms with Gasteiger partial charge in [0.1, 0.15) is 12.7 Å². The van der Waals surface area contributed by atoms with E-state index in [4.69, 9.17) is 9.47 Å². The molecule has 0 aromatic rings. The molecule has 4 aliphatic rings. The molecule has 0 bridgehead atoms. The van der Waals surface area contributed by atoms with Crippen molar-refractivity contribution in [2.45, 2.75) is 78.7 Å². The quantitative estimate of drug-likeness (QED) is 0.661. The van der Waals surface area contributed by atoms with Crippen LogP contribution in [0, 0.1) is 34.5 Å². The van der Waals surface area contributed by atoms with Crippen LogP contribution in [0.15, 0.2) is 11.6 Å². The number of carbonyl (C=O) groups excluding carboxylic acids is 3. The van der Waals surface area contributed by atoms with Crippen molar-refractivity contribution in [2.24, 2.45) is 34.5 Å². The molecule has 3 fully saturated rings. The molecule has 4 rings (SSSR count). The molecule has 160 valence electrons. The Bertz CT molecular complexity index is 754. The second-order valence-electron chi connectivity index (χ2n) is 10.2. The Balaban J connectivity index is 1.69. The van der Waals surface area contributed by atoms with E-state index in [-0.39, 0.29) is 40.6 Å². The monoisotopic (exact) mass is 402 g/mol. The highest BCUT2D eigenvalue weighted by atomic mass is 16.5. The van der Waals surface area contributed by atoms with Crippen LogP contribution in [-0.2, 0) is 23.9 Å². The third-order valence-corrected chi connectivity index (χ3v) is 8.90. The summed E-state index contributed by atoms with van der Waals surface area (Å²) in [6.45, 7) is 7.85. The average molecular weight is 403 g/mol. The first-order chi connectivity index (χ1) is 13.7. The van der Waals surface area contributed by atoms with Gasteiger partial charge in [-0.15, -0.1) is 0 Å². The van der Waals surface area contributed by atoms with E-state index in [1.807, 2.05) is 6.08 Å². The molecule has 0 amide bonds. The van der Waals surface area contributed by atoms with Gasteiger partial charge >= 0.3 is 11.9 Å². The van der Waals surface area contributed by atoms with Crippen molar-refractivity contribution in [1.82, 2.24) is 0 Å². The Morgan fingerprint density at radius 1 is 1.10 bits per heavy atom. The highest BCUT2D eigenvalue weighted by molar-refractivity contribution is 5.92. The lowest BCUT2D eigenvalue weighted by atomic mass is 9.45. The first-order valence-electron chi connectivity index (χ1n) is 11.2. The standard InChI is InChI=1S/C24H34O5/c1-14-11-18(27)12-17-5-6-19-20-7-8-22(29-16(3)26)23(20,4)10-9-21(19)24(14,17)13-28-15(2)25/h12,14,19-22H,5-11,13H2,1-4H3/t14-,19-,20-,21-,22-,23-,24-/m0/s1. The molecule has 3 saturated carbocycles.